The van der Waals surface area contributed by atoms with Crippen LogP contribution in [-0.2, 0) is 9.31 Å². The molecule has 18 heavy (non-hydrogen) atoms. The van der Waals surface area contributed by atoms with Gasteiger partial charge in [0.2, 0.25) is 0 Å². The molecule has 0 spiro atoms. The number of aromatic nitrogens is 1. The molecule has 2 rings (SSSR count). The zero-order valence-corrected chi connectivity index (χ0v) is 12.9. The molecule has 1 aliphatic heterocycles. The fraction of sp³-hybridized carbons (Fsp3) is 0.583. The third-order valence-corrected chi connectivity index (χ3v) is 4.24. The van der Waals surface area contributed by atoms with E-state index in [-0.39, 0.29) is 11.2 Å². The maximum Gasteiger partial charge on any atom is 0.499 e. The topological polar surface area (TPSA) is 40.6 Å². The van der Waals surface area contributed by atoms with E-state index >= 15 is 0 Å². The smallest absolute Gasteiger partial charge is 0.495 e. The minimum absolute atomic E-state index is 0.370. The van der Waals surface area contributed by atoms with Crippen LogP contribution < -0.4 is 10.2 Å². The molecule has 0 bridgehead atoms. The first-order chi connectivity index (χ1) is 8.28. The largest absolute Gasteiger partial charge is 0.499 e. The van der Waals surface area contributed by atoms with E-state index < -0.39 is 7.12 Å². The molecule has 98 valence electrons. The molecule has 0 aromatic carbocycles. The molecule has 1 aromatic heterocycles. The van der Waals surface area contributed by atoms with Crippen LogP contribution in [0.1, 0.15) is 27.7 Å². The summed E-state index contributed by atoms with van der Waals surface area (Å²) < 4.78 is 18.2. The number of pyridine rings is 1. The summed E-state index contributed by atoms with van der Waals surface area (Å²) in [6, 6.07) is 0. The van der Waals surface area contributed by atoms with E-state index in [4.69, 9.17) is 14.0 Å². The van der Waals surface area contributed by atoms with Crippen molar-refractivity contribution in [3.05, 3.63) is 16.9 Å². The molecule has 0 radical (unpaired) electrons. The van der Waals surface area contributed by atoms with Crippen LogP contribution in [0.2, 0.25) is 0 Å². The minimum Gasteiger partial charge on any atom is -0.495 e. The Bertz CT molecular complexity index is 449. The molecule has 0 amide bonds. The van der Waals surface area contributed by atoms with Crippen molar-refractivity contribution in [3.63, 3.8) is 0 Å². The summed E-state index contributed by atoms with van der Waals surface area (Å²) in [7, 11) is 1.15. The number of hydrogen-bond acceptors (Lipinski definition) is 4. The molecule has 0 aliphatic carbocycles. The molecule has 4 nitrogen and oxygen atoms in total. The van der Waals surface area contributed by atoms with Gasteiger partial charge in [-0.05, 0) is 43.6 Å². The lowest BCUT2D eigenvalue weighted by molar-refractivity contribution is 0.00578. The van der Waals surface area contributed by atoms with Crippen molar-refractivity contribution in [1.82, 2.24) is 4.98 Å². The third kappa shape index (κ3) is 2.17. The van der Waals surface area contributed by atoms with Gasteiger partial charge in [0.15, 0.2) is 0 Å². The van der Waals surface area contributed by atoms with E-state index in [1.165, 1.54) is 0 Å². The molecule has 1 saturated heterocycles. The Kier molecular flexibility index (Phi) is 3.47. The van der Waals surface area contributed by atoms with Gasteiger partial charge in [-0.3, -0.25) is 4.98 Å². The molecule has 2 heterocycles. The van der Waals surface area contributed by atoms with Gasteiger partial charge in [0.1, 0.15) is 5.75 Å². The van der Waals surface area contributed by atoms with Gasteiger partial charge in [0, 0.05) is 16.1 Å². The standard InChI is InChI=1S/C12H17BBrNO3/c1-11(2)12(3,4)18-13(17-11)10-8(14)6-15-7-9(10)16-5/h6-7H,1-5H3. The van der Waals surface area contributed by atoms with Gasteiger partial charge >= 0.3 is 7.12 Å². The number of halogens is 1. The van der Waals surface area contributed by atoms with Crippen molar-refractivity contribution >= 4 is 28.5 Å². The Hall–Kier alpha value is -0.585. The third-order valence-electron chi connectivity index (χ3n) is 3.61. The monoisotopic (exact) mass is 313 g/mol. The fourth-order valence-electron chi connectivity index (χ4n) is 1.78. The number of nitrogens with zero attached hydrogens (tertiary/aromatic N) is 1. The average molecular weight is 314 g/mol. The molecule has 0 unspecified atom stereocenters. The van der Waals surface area contributed by atoms with Crippen LogP contribution in [0.15, 0.2) is 16.9 Å². The molecular weight excluding hydrogens is 297 g/mol. The molecule has 6 heteroatoms. The van der Waals surface area contributed by atoms with E-state index in [1.54, 1.807) is 19.5 Å². The predicted molar refractivity (Wildman–Crippen MR) is 74.2 cm³/mol. The Labute approximate surface area is 116 Å². The van der Waals surface area contributed by atoms with E-state index in [9.17, 15) is 0 Å². The van der Waals surface area contributed by atoms with Gasteiger partial charge in [-0.25, -0.2) is 0 Å². The SMILES string of the molecule is COc1cncc(Br)c1B1OC(C)(C)C(C)(C)O1. The van der Waals surface area contributed by atoms with Crippen LogP contribution >= 0.6 is 15.9 Å². The molecule has 1 aliphatic rings. The summed E-state index contributed by atoms with van der Waals surface area (Å²) in [5.41, 5.74) is 0.0997. The molecular formula is C12H17BBrNO3. The highest BCUT2D eigenvalue weighted by Crippen LogP contribution is 2.37. The highest BCUT2D eigenvalue weighted by molar-refractivity contribution is 9.10. The van der Waals surface area contributed by atoms with Crippen LogP contribution in [0.4, 0.5) is 0 Å². The summed E-state index contributed by atoms with van der Waals surface area (Å²) in [5.74, 6) is 0.655. The second-order valence-electron chi connectivity index (χ2n) is 5.33. The van der Waals surface area contributed by atoms with Gasteiger partial charge in [-0.1, -0.05) is 0 Å². The first-order valence-electron chi connectivity index (χ1n) is 5.81. The van der Waals surface area contributed by atoms with Gasteiger partial charge in [-0.15, -0.1) is 0 Å². The molecule has 1 aromatic rings. The quantitative estimate of drug-likeness (QED) is 0.785. The van der Waals surface area contributed by atoms with Crippen LogP contribution in [0.5, 0.6) is 5.75 Å². The maximum absolute atomic E-state index is 6.01. The Balaban J connectivity index is 2.41. The van der Waals surface area contributed by atoms with E-state index in [2.05, 4.69) is 20.9 Å². The minimum atomic E-state index is -0.456. The van der Waals surface area contributed by atoms with Crippen LogP contribution in [-0.4, -0.2) is 30.4 Å². The number of rotatable bonds is 2. The molecule has 0 atom stereocenters. The fourth-order valence-corrected chi connectivity index (χ4v) is 2.28. The molecule has 0 saturated carbocycles. The summed E-state index contributed by atoms with van der Waals surface area (Å²) in [6.07, 6.45) is 3.37. The van der Waals surface area contributed by atoms with Gasteiger partial charge < -0.3 is 14.0 Å². The summed E-state index contributed by atoms with van der Waals surface area (Å²) >= 11 is 3.47. The van der Waals surface area contributed by atoms with Crippen LogP contribution in [0.3, 0.4) is 0 Å². The first kappa shape index (κ1) is 13.8. The highest BCUT2D eigenvalue weighted by atomic mass is 79.9. The van der Waals surface area contributed by atoms with Gasteiger partial charge in [0.05, 0.1) is 24.5 Å². The van der Waals surface area contributed by atoms with Crippen molar-refractivity contribution in [3.8, 4) is 5.75 Å². The average Bonchev–Trinajstić information content (AvgIpc) is 2.47. The number of hydrogen-bond donors (Lipinski definition) is 0. The predicted octanol–water partition coefficient (Wildman–Crippen LogP) is 2.15. The lowest BCUT2D eigenvalue weighted by atomic mass is 9.79. The van der Waals surface area contributed by atoms with Crippen molar-refractivity contribution < 1.29 is 14.0 Å². The second-order valence-corrected chi connectivity index (χ2v) is 6.18. The summed E-state index contributed by atoms with van der Waals surface area (Å²) in [6.45, 7) is 8.09. The lowest BCUT2D eigenvalue weighted by Crippen LogP contribution is -2.41. The van der Waals surface area contributed by atoms with Crippen molar-refractivity contribution in [2.24, 2.45) is 0 Å². The zero-order valence-electron chi connectivity index (χ0n) is 11.3. The number of ether oxygens (including phenoxy) is 1. The second kappa shape index (κ2) is 4.51. The summed E-state index contributed by atoms with van der Waals surface area (Å²) in [4.78, 5) is 4.08. The normalized spacial score (nSPS) is 21.1. The number of methoxy groups -OCH3 is 1. The summed E-state index contributed by atoms with van der Waals surface area (Å²) in [5, 5.41) is 0. The van der Waals surface area contributed by atoms with Crippen molar-refractivity contribution in [2.75, 3.05) is 7.11 Å². The zero-order chi connectivity index (χ0) is 13.6. The lowest BCUT2D eigenvalue weighted by Gasteiger charge is -2.32. The van der Waals surface area contributed by atoms with E-state index in [1.807, 2.05) is 27.7 Å². The maximum atomic E-state index is 6.01. The van der Waals surface area contributed by atoms with E-state index in [0.717, 1.165) is 9.94 Å². The van der Waals surface area contributed by atoms with Crippen LogP contribution in [0, 0.1) is 0 Å². The van der Waals surface area contributed by atoms with Crippen molar-refractivity contribution in [1.29, 1.82) is 0 Å². The Morgan fingerprint density at radius 1 is 1.17 bits per heavy atom. The highest BCUT2D eigenvalue weighted by Gasteiger charge is 2.53. The van der Waals surface area contributed by atoms with Crippen molar-refractivity contribution in [2.45, 2.75) is 38.9 Å². The Morgan fingerprint density at radius 2 is 1.72 bits per heavy atom. The first-order valence-corrected chi connectivity index (χ1v) is 6.61. The van der Waals surface area contributed by atoms with E-state index in [0.29, 0.717) is 5.75 Å². The molecule has 1 fully saturated rings. The van der Waals surface area contributed by atoms with Gasteiger partial charge in [-0.2, -0.15) is 0 Å². The Morgan fingerprint density at radius 3 is 2.22 bits per heavy atom. The molecule has 0 N–H and O–H groups in total. The van der Waals surface area contributed by atoms with Crippen LogP contribution in [0.25, 0.3) is 0 Å². The van der Waals surface area contributed by atoms with Gasteiger partial charge in [0.25, 0.3) is 0 Å².